The van der Waals surface area contributed by atoms with Crippen LogP contribution in [-0.2, 0) is 19.1 Å². The Kier molecular flexibility index (Phi) is 7.05. The number of nitrogens with one attached hydrogen (secondary N) is 1. The number of carboxylic acid groups (broad SMARTS) is 1. The van der Waals surface area contributed by atoms with Crippen LogP contribution in [0.4, 0.5) is 4.79 Å². The average molecular weight is 289 g/mol. The number of ether oxygens (including phenoxy) is 1. The van der Waals surface area contributed by atoms with E-state index in [2.05, 4.69) is 10.1 Å². The first-order valence-electron chi connectivity index (χ1n) is 5.84. The van der Waals surface area contributed by atoms with Crippen LogP contribution in [0.25, 0.3) is 0 Å². The van der Waals surface area contributed by atoms with Gasteiger partial charge in [-0.05, 0) is 13.8 Å². The van der Waals surface area contributed by atoms with Crippen LogP contribution < -0.4 is 11.1 Å². The van der Waals surface area contributed by atoms with E-state index in [1.165, 1.54) is 7.11 Å². The smallest absolute Gasteiger partial charge is 0.326 e. The zero-order valence-electron chi connectivity index (χ0n) is 11.6. The Balaban J connectivity index is 4.84. The molecular formula is C11H19N3O6. The largest absolute Gasteiger partial charge is 0.480 e. The van der Waals surface area contributed by atoms with E-state index in [1.807, 2.05) is 0 Å². The third kappa shape index (κ3) is 6.03. The van der Waals surface area contributed by atoms with Gasteiger partial charge in [0, 0.05) is 6.04 Å². The summed E-state index contributed by atoms with van der Waals surface area (Å²) in [7, 11) is 1.17. The highest BCUT2D eigenvalue weighted by atomic mass is 16.5. The number of carboxylic acids is 1. The van der Waals surface area contributed by atoms with Crippen LogP contribution in [0.3, 0.4) is 0 Å². The summed E-state index contributed by atoms with van der Waals surface area (Å²) in [6.07, 6.45) is -0.536. The molecule has 0 aliphatic heterocycles. The molecule has 0 fully saturated rings. The molecule has 0 spiro atoms. The van der Waals surface area contributed by atoms with Crippen molar-refractivity contribution in [3.63, 3.8) is 0 Å². The number of hydrogen-bond acceptors (Lipinski definition) is 5. The van der Waals surface area contributed by atoms with Gasteiger partial charge in [0.2, 0.25) is 5.91 Å². The highest BCUT2D eigenvalue weighted by molar-refractivity contribution is 5.88. The summed E-state index contributed by atoms with van der Waals surface area (Å²) in [5, 5.41) is 11.0. The highest BCUT2D eigenvalue weighted by Gasteiger charge is 2.27. The van der Waals surface area contributed by atoms with Crippen LogP contribution in [0.5, 0.6) is 0 Å². The van der Waals surface area contributed by atoms with Crippen LogP contribution in [-0.4, -0.2) is 59.6 Å². The number of nitrogens with zero attached hydrogens (tertiary/aromatic N) is 1. The number of carbonyl (C=O) groups is 4. The number of aliphatic carboxylic acids is 1. The fourth-order valence-corrected chi connectivity index (χ4v) is 1.33. The van der Waals surface area contributed by atoms with Crippen molar-refractivity contribution in [3.05, 3.63) is 0 Å². The molecule has 0 heterocycles. The Hall–Kier alpha value is -2.32. The molecule has 0 radical (unpaired) electrons. The van der Waals surface area contributed by atoms with Gasteiger partial charge in [0.25, 0.3) is 0 Å². The maximum absolute atomic E-state index is 11.9. The summed E-state index contributed by atoms with van der Waals surface area (Å²) < 4.78 is 4.45. The molecule has 114 valence electrons. The van der Waals surface area contributed by atoms with Crippen molar-refractivity contribution >= 4 is 23.9 Å². The van der Waals surface area contributed by atoms with Crippen molar-refractivity contribution in [1.82, 2.24) is 10.2 Å². The first kappa shape index (κ1) is 17.7. The number of urea groups is 1. The molecule has 0 rings (SSSR count). The van der Waals surface area contributed by atoms with Crippen molar-refractivity contribution in [2.45, 2.75) is 32.4 Å². The lowest BCUT2D eigenvalue weighted by Crippen LogP contribution is -2.52. The van der Waals surface area contributed by atoms with E-state index < -0.39 is 36.3 Å². The molecule has 0 aromatic heterocycles. The Labute approximate surface area is 116 Å². The first-order chi connectivity index (χ1) is 9.18. The summed E-state index contributed by atoms with van der Waals surface area (Å²) >= 11 is 0. The molecule has 1 atom stereocenters. The van der Waals surface area contributed by atoms with Gasteiger partial charge in [-0.1, -0.05) is 0 Å². The summed E-state index contributed by atoms with van der Waals surface area (Å²) in [6, 6.07) is -2.60. The lowest BCUT2D eigenvalue weighted by Gasteiger charge is -2.27. The van der Waals surface area contributed by atoms with E-state index in [9.17, 15) is 19.2 Å². The monoisotopic (exact) mass is 289 g/mol. The van der Waals surface area contributed by atoms with Gasteiger partial charge in [0.1, 0.15) is 12.6 Å². The summed E-state index contributed by atoms with van der Waals surface area (Å²) in [4.78, 5) is 45.9. The third-order valence-electron chi connectivity index (χ3n) is 2.41. The predicted molar refractivity (Wildman–Crippen MR) is 67.6 cm³/mol. The van der Waals surface area contributed by atoms with Gasteiger partial charge < -0.3 is 25.8 Å². The number of hydrogen-bond donors (Lipinski definition) is 3. The Morgan fingerprint density at radius 1 is 1.30 bits per heavy atom. The lowest BCUT2D eigenvalue weighted by molar-refractivity contribution is -0.141. The standard InChI is InChI=1S/C11H19N3O6/c1-6(2)14(5-9(16)20-3)11(19)13-7(10(17)18)4-8(12)15/h6-7H,4-5H2,1-3H3,(H2,12,15)(H,13,19)(H,17,18)/t7-/m0/s1. The van der Waals surface area contributed by atoms with E-state index in [0.717, 1.165) is 4.90 Å². The molecule has 9 nitrogen and oxygen atoms in total. The fraction of sp³-hybridized carbons (Fsp3) is 0.636. The van der Waals surface area contributed by atoms with Gasteiger partial charge in [-0.2, -0.15) is 0 Å². The van der Waals surface area contributed by atoms with Crippen molar-refractivity contribution in [2.75, 3.05) is 13.7 Å². The number of carbonyl (C=O) groups excluding carboxylic acids is 3. The minimum atomic E-state index is -1.45. The van der Waals surface area contributed by atoms with Crippen molar-refractivity contribution in [2.24, 2.45) is 5.73 Å². The fourth-order valence-electron chi connectivity index (χ4n) is 1.33. The third-order valence-corrected chi connectivity index (χ3v) is 2.41. The van der Waals surface area contributed by atoms with Crippen LogP contribution >= 0.6 is 0 Å². The molecular weight excluding hydrogens is 270 g/mol. The second kappa shape index (κ2) is 7.97. The molecule has 20 heavy (non-hydrogen) atoms. The number of primary amides is 1. The molecule has 0 saturated heterocycles. The maximum atomic E-state index is 11.9. The molecule has 0 saturated carbocycles. The van der Waals surface area contributed by atoms with Gasteiger partial charge in [0.15, 0.2) is 0 Å². The molecule has 0 aliphatic carbocycles. The number of esters is 1. The van der Waals surface area contributed by atoms with Crippen LogP contribution in [0.2, 0.25) is 0 Å². The second-order valence-corrected chi connectivity index (χ2v) is 4.31. The lowest BCUT2D eigenvalue weighted by atomic mass is 10.2. The predicted octanol–water partition coefficient (Wildman–Crippen LogP) is -1.09. The Bertz CT molecular complexity index is 396. The average Bonchev–Trinajstić information content (AvgIpc) is 2.33. The number of methoxy groups -OCH3 is 1. The molecule has 9 heteroatoms. The topological polar surface area (TPSA) is 139 Å². The quantitative estimate of drug-likeness (QED) is 0.509. The summed E-state index contributed by atoms with van der Waals surface area (Å²) in [6.45, 7) is 2.96. The van der Waals surface area contributed by atoms with Crippen molar-refractivity contribution in [3.8, 4) is 0 Å². The normalized spacial score (nSPS) is 11.6. The van der Waals surface area contributed by atoms with Crippen LogP contribution in [0.15, 0.2) is 0 Å². The van der Waals surface area contributed by atoms with Crippen molar-refractivity contribution in [1.29, 1.82) is 0 Å². The molecule has 0 aromatic rings. The molecule has 0 aliphatic rings. The number of rotatable bonds is 7. The van der Waals surface area contributed by atoms with Crippen molar-refractivity contribution < 1.29 is 29.0 Å². The van der Waals surface area contributed by atoms with Gasteiger partial charge in [-0.15, -0.1) is 0 Å². The summed E-state index contributed by atoms with van der Waals surface area (Å²) in [5.41, 5.74) is 4.90. The minimum absolute atomic E-state index is 0.330. The number of amides is 3. The minimum Gasteiger partial charge on any atom is -0.480 e. The molecule has 0 unspecified atom stereocenters. The molecule has 4 N–H and O–H groups in total. The van der Waals surface area contributed by atoms with Crippen LogP contribution in [0.1, 0.15) is 20.3 Å². The van der Waals surface area contributed by atoms with E-state index in [4.69, 9.17) is 10.8 Å². The van der Waals surface area contributed by atoms with Gasteiger partial charge in [-0.3, -0.25) is 9.59 Å². The molecule has 0 aromatic carbocycles. The van der Waals surface area contributed by atoms with E-state index in [0.29, 0.717) is 0 Å². The van der Waals surface area contributed by atoms with Gasteiger partial charge in [-0.25, -0.2) is 9.59 Å². The van der Waals surface area contributed by atoms with Gasteiger partial charge >= 0.3 is 18.0 Å². The Morgan fingerprint density at radius 2 is 1.85 bits per heavy atom. The van der Waals surface area contributed by atoms with E-state index in [-0.39, 0.29) is 12.6 Å². The zero-order valence-corrected chi connectivity index (χ0v) is 11.6. The first-order valence-corrected chi connectivity index (χ1v) is 5.84. The second-order valence-electron chi connectivity index (χ2n) is 4.31. The number of nitrogens with two attached hydrogens (primary N) is 1. The van der Waals surface area contributed by atoms with E-state index >= 15 is 0 Å². The zero-order chi connectivity index (χ0) is 15.9. The Morgan fingerprint density at radius 3 is 2.20 bits per heavy atom. The van der Waals surface area contributed by atoms with Crippen LogP contribution in [0, 0.1) is 0 Å². The maximum Gasteiger partial charge on any atom is 0.326 e. The SMILES string of the molecule is COC(=O)CN(C(=O)N[C@@H](CC(N)=O)C(=O)O)C(C)C. The highest BCUT2D eigenvalue weighted by Crippen LogP contribution is 2.02. The molecule has 0 bridgehead atoms. The van der Waals surface area contributed by atoms with Gasteiger partial charge in [0.05, 0.1) is 13.5 Å². The molecule has 3 amide bonds. The van der Waals surface area contributed by atoms with E-state index in [1.54, 1.807) is 13.8 Å². The summed E-state index contributed by atoms with van der Waals surface area (Å²) in [5.74, 6) is -2.89.